The number of nitrogens with one attached hydrogen (secondary N) is 1. The highest BCUT2D eigenvalue weighted by molar-refractivity contribution is 5.72. The molecule has 0 aromatic rings. The Bertz CT molecular complexity index is 354. The van der Waals surface area contributed by atoms with Crippen molar-refractivity contribution in [2.45, 2.75) is 59.0 Å². The quantitative estimate of drug-likeness (QED) is 0.810. The SMILES string of the molecule is COC(=O)C(C)[C@H]1CC[C@H](CNC(=O)OC(C)(C)C)CC1. The van der Waals surface area contributed by atoms with Gasteiger partial charge >= 0.3 is 12.1 Å². The van der Waals surface area contributed by atoms with E-state index >= 15 is 0 Å². The molecule has 0 aliphatic heterocycles. The van der Waals surface area contributed by atoms with Crippen LogP contribution in [0.3, 0.4) is 0 Å². The first kappa shape index (κ1) is 17.8. The number of ether oxygens (including phenoxy) is 2. The van der Waals surface area contributed by atoms with Crippen LogP contribution >= 0.6 is 0 Å². The van der Waals surface area contributed by atoms with Crippen molar-refractivity contribution in [1.29, 1.82) is 0 Å². The molecule has 1 unspecified atom stereocenters. The van der Waals surface area contributed by atoms with Crippen molar-refractivity contribution >= 4 is 12.1 Å². The van der Waals surface area contributed by atoms with E-state index in [-0.39, 0.29) is 18.0 Å². The number of amides is 1. The highest BCUT2D eigenvalue weighted by atomic mass is 16.6. The van der Waals surface area contributed by atoms with Gasteiger partial charge < -0.3 is 14.8 Å². The molecule has 122 valence electrons. The molecular formula is C16H29NO4. The molecule has 1 fully saturated rings. The molecular weight excluding hydrogens is 270 g/mol. The predicted molar refractivity (Wildman–Crippen MR) is 80.9 cm³/mol. The van der Waals surface area contributed by atoms with Crippen LogP contribution in [0.2, 0.25) is 0 Å². The number of carbonyl (C=O) groups excluding carboxylic acids is 2. The first-order valence-corrected chi connectivity index (χ1v) is 7.77. The molecule has 0 radical (unpaired) electrons. The first-order valence-electron chi connectivity index (χ1n) is 7.77. The zero-order valence-corrected chi connectivity index (χ0v) is 13.9. The number of methoxy groups -OCH3 is 1. The van der Waals surface area contributed by atoms with Gasteiger partial charge in [-0.25, -0.2) is 4.79 Å². The maximum absolute atomic E-state index is 11.6. The zero-order chi connectivity index (χ0) is 16.0. The molecule has 5 nitrogen and oxygen atoms in total. The molecule has 21 heavy (non-hydrogen) atoms. The number of hydrogen-bond donors (Lipinski definition) is 1. The summed E-state index contributed by atoms with van der Waals surface area (Å²) in [4.78, 5) is 23.2. The Kier molecular flexibility index (Phi) is 6.49. The molecule has 1 saturated carbocycles. The lowest BCUT2D eigenvalue weighted by molar-refractivity contribution is -0.147. The maximum Gasteiger partial charge on any atom is 0.407 e. The Labute approximate surface area is 127 Å². The molecule has 0 heterocycles. The second-order valence-electron chi connectivity index (χ2n) is 6.98. The van der Waals surface area contributed by atoms with Gasteiger partial charge in [0.2, 0.25) is 0 Å². The van der Waals surface area contributed by atoms with Gasteiger partial charge in [-0.15, -0.1) is 0 Å². The van der Waals surface area contributed by atoms with Crippen LogP contribution in [0.1, 0.15) is 53.4 Å². The summed E-state index contributed by atoms with van der Waals surface area (Å²) in [5.74, 6) is 0.717. The number of carbonyl (C=O) groups is 2. The Morgan fingerprint density at radius 1 is 1.19 bits per heavy atom. The molecule has 1 aliphatic carbocycles. The Hall–Kier alpha value is -1.26. The lowest BCUT2D eigenvalue weighted by Gasteiger charge is -2.31. The van der Waals surface area contributed by atoms with E-state index in [0.29, 0.717) is 18.4 Å². The molecule has 1 rings (SSSR count). The van der Waals surface area contributed by atoms with Gasteiger partial charge in [-0.3, -0.25) is 4.79 Å². The molecule has 1 aliphatic rings. The summed E-state index contributed by atoms with van der Waals surface area (Å²) in [6.07, 6.45) is 3.73. The minimum absolute atomic E-state index is 0.0326. The molecule has 1 amide bonds. The second-order valence-corrected chi connectivity index (χ2v) is 6.98. The smallest absolute Gasteiger partial charge is 0.407 e. The predicted octanol–water partition coefficient (Wildman–Crippen LogP) is 3.13. The average molecular weight is 299 g/mol. The van der Waals surface area contributed by atoms with Crippen LogP contribution in [0.25, 0.3) is 0 Å². The third kappa shape index (κ3) is 6.36. The van der Waals surface area contributed by atoms with E-state index in [4.69, 9.17) is 9.47 Å². The van der Waals surface area contributed by atoms with E-state index in [1.54, 1.807) is 0 Å². The van der Waals surface area contributed by atoms with Gasteiger partial charge in [-0.2, -0.15) is 0 Å². The van der Waals surface area contributed by atoms with Crippen LogP contribution in [0.5, 0.6) is 0 Å². The summed E-state index contributed by atoms with van der Waals surface area (Å²) in [5.41, 5.74) is -0.461. The van der Waals surface area contributed by atoms with Crippen LogP contribution in [0.4, 0.5) is 4.79 Å². The van der Waals surface area contributed by atoms with Crippen LogP contribution in [0.15, 0.2) is 0 Å². The van der Waals surface area contributed by atoms with E-state index < -0.39 is 5.60 Å². The molecule has 1 atom stereocenters. The summed E-state index contributed by atoms with van der Waals surface area (Å²) in [6, 6.07) is 0. The van der Waals surface area contributed by atoms with E-state index in [2.05, 4.69) is 5.32 Å². The third-order valence-corrected chi connectivity index (χ3v) is 4.11. The second kappa shape index (κ2) is 7.66. The Balaban J connectivity index is 2.28. The lowest BCUT2D eigenvalue weighted by atomic mass is 9.76. The van der Waals surface area contributed by atoms with Crippen molar-refractivity contribution in [3.8, 4) is 0 Å². The third-order valence-electron chi connectivity index (χ3n) is 4.11. The summed E-state index contributed by atoms with van der Waals surface area (Å²) in [7, 11) is 1.44. The molecule has 1 N–H and O–H groups in total. The summed E-state index contributed by atoms with van der Waals surface area (Å²) in [5, 5.41) is 2.83. The Morgan fingerprint density at radius 3 is 2.24 bits per heavy atom. The van der Waals surface area contributed by atoms with Crippen molar-refractivity contribution < 1.29 is 19.1 Å². The van der Waals surface area contributed by atoms with E-state index in [1.807, 2.05) is 27.7 Å². The van der Waals surface area contributed by atoms with Crippen LogP contribution in [-0.4, -0.2) is 31.3 Å². The molecule has 0 saturated heterocycles. The van der Waals surface area contributed by atoms with Crippen molar-refractivity contribution in [3.63, 3.8) is 0 Å². The number of alkyl carbamates (subject to hydrolysis) is 1. The fourth-order valence-electron chi connectivity index (χ4n) is 2.81. The zero-order valence-electron chi connectivity index (χ0n) is 13.9. The minimum Gasteiger partial charge on any atom is -0.469 e. The molecule has 0 spiro atoms. The standard InChI is InChI=1S/C16H29NO4/c1-11(14(18)20-5)13-8-6-12(7-9-13)10-17-15(19)21-16(2,3)4/h11-13H,6-10H2,1-5H3,(H,17,19)/t11?,12-,13-. The maximum atomic E-state index is 11.6. The van der Waals surface area contributed by atoms with Gasteiger partial charge in [0, 0.05) is 6.54 Å². The van der Waals surface area contributed by atoms with Gasteiger partial charge in [0.25, 0.3) is 0 Å². The topological polar surface area (TPSA) is 64.6 Å². The van der Waals surface area contributed by atoms with Crippen molar-refractivity contribution in [2.75, 3.05) is 13.7 Å². The van der Waals surface area contributed by atoms with Crippen molar-refractivity contribution in [3.05, 3.63) is 0 Å². The summed E-state index contributed by atoms with van der Waals surface area (Å²) < 4.78 is 10.0. The van der Waals surface area contributed by atoms with E-state index in [0.717, 1.165) is 25.7 Å². The number of esters is 1. The average Bonchev–Trinajstić information content (AvgIpc) is 2.42. The van der Waals surface area contributed by atoms with Crippen LogP contribution in [0, 0.1) is 17.8 Å². The van der Waals surface area contributed by atoms with Crippen LogP contribution in [-0.2, 0) is 14.3 Å². The van der Waals surface area contributed by atoms with Gasteiger partial charge in [0.15, 0.2) is 0 Å². The van der Waals surface area contributed by atoms with Gasteiger partial charge in [0.1, 0.15) is 5.60 Å². The van der Waals surface area contributed by atoms with Crippen molar-refractivity contribution in [2.24, 2.45) is 17.8 Å². The van der Waals surface area contributed by atoms with E-state index in [9.17, 15) is 9.59 Å². The largest absolute Gasteiger partial charge is 0.469 e. The van der Waals surface area contributed by atoms with E-state index in [1.165, 1.54) is 7.11 Å². The fraction of sp³-hybridized carbons (Fsp3) is 0.875. The highest BCUT2D eigenvalue weighted by Crippen LogP contribution is 2.33. The molecule has 0 aromatic carbocycles. The van der Waals surface area contributed by atoms with Gasteiger partial charge in [-0.1, -0.05) is 6.92 Å². The highest BCUT2D eigenvalue weighted by Gasteiger charge is 2.29. The Morgan fingerprint density at radius 2 is 1.76 bits per heavy atom. The van der Waals surface area contributed by atoms with Gasteiger partial charge in [-0.05, 0) is 58.3 Å². The molecule has 0 bridgehead atoms. The molecule has 5 heteroatoms. The summed E-state index contributed by atoms with van der Waals surface area (Å²) >= 11 is 0. The first-order chi connectivity index (χ1) is 9.73. The van der Waals surface area contributed by atoms with Crippen molar-refractivity contribution in [1.82, 2.24) is 5.32 Å². The number of rotatable bonds is 4. The fourth-order valence-corrected chi connectivity index (χ4v) is 2.81. The summed E-state index contributed by atoms with van der Waals surface area (Å²) in [6.45, 7) is 8.15. The minimum atomic E-state index is -0.461. The van der Waals surface area contributed by atoms with Gasteiger partial charge in [0.05, 0.1) is 13.0 Å². The number of hydrogen-bond acceptors (Lipinski definition) is 4. The molecule has 0 aromatic heterocycles. The van der Waals surface area contributed by atoms with Crippen LogP contribution < -0.4 is 5.32 Å². The normalized spacial score (nSPS) is 24.0. The monoisotopic (exact) mass is 299 g/mol. The lowest BCUT2D eigenvalue weighted by Crippen LogP contribution is -2.36.